The third kappa shape index (κ3) is 3.27. The molecule has 29 heavy (non-hydrogen) atoms. The van der Waals surface area contributed by atoms with Crippen LogP contribution in [-0.4, -0.2) is 59.9 Å². The largest absolute Gasteiger partial charge is 0.395 e. The minimum Gasteiger partial charge on any atom is -0.395 e. The molecule has 2 heterocycles. The maximum atomic E-state index is 13.4. The Hall–Kier alpha value is -2.22. The van der Waals surface area contributed by atoms with Crippen LogP contribution in [0.4, 0.5) is 0 Å². The van der Waals surface area contributed by atoms with Crippen molar-refractivity contribution in [3.05, 3.63) is 71.8 Å². The summed E-state index contributed by atoms with van der Waals surface area (Å²) < 4.78 is 28.3. The van der Waals surface area contributed by atoms with Gasteiger partial charge >= 0.3 is 0 Å². The van der Waals surface area contributed by atoms with E-state index in [2.05, 4.69) is 0 Å². The van der Waals surface area contributed by atoms with E-state index in [0.29, 0.717) is 25.1 Å². The summed E-state index contributed by atoms with van der Waals surface area (Å²) >= 11 is 0. The van der Waals surface area contributed by atoms with Gasteiger partial charge in [0.15, 0.2) is 0 Å². The van der Waals surface area contributed by atoms with E-state index in [9.17, 15) is 18.3 Å². The number of likely N-dealkylation sites (tertiary alicyclic amines) is 1. The molecule has 0 unspecified atom stereocenters. The Bertz CT molecular complexity index is 972. The van der Waals surface area contributed by atoms with Crippen molar-refractivity contribution in [1.82, 2.24) is 9.21 Å². The first-order chi connectivity index (χ1) is 13.9. The van der Waals surface area contributed by atoms with Gasteiger partial charge in [0.2, 0.25) is 15.9 Å². The molecule has 1 spiro atoms. The first-order valence-electron chi connectivity index (χ1n) is 9.92. The Labute approximate surface area is 171 Å². The van der Waals surface area contributed by atoms with E-state index in [1.54, 1.807) is 17.0 Å². The summed E-state index contributed by atoms with van der Waals surface area (Å²) in [6.45, 7) is 2.29. The van der Waals surface area contributed by atoms with Crippen LogP contribution in [0.5, 0.6) is 0 Å². The van der Waals surface area contributed by atoms with E-state index >= 15 is 0 Å². The van der Waals surface area contributed by atoms with Gasteiger partial charge in [-0.25, -0.2) is 8.42 Å². The Balaban J connectivity index is 1.69. The molecule has 0 bridgehead atoms. The van der Waals surface area contributed by atoms with Gasteiger partial charge in [-0.2, -0.15) is 4.31 Å². The normalized spacial score (nSPS) is 23.4. The van der Waals surface area contributed by atoms with Crippen molar-refractivity contribution in [3.8, 4) is 0 Å². The molecule has 0 aromatic heterocycles. The number of nitrogens with zero attached hydrogens (tertiary/aromatic N) is 2. The van der Waals surface area contributed by atoms with Crippen molar-refractivity contribution in [1.29, 1.82) is 0 Å². The topological polar surface area (TPSA) is 77.9 Å². The SMILES string of the molecule is CCC(=O)N1CC2(C1)[C@H](c1ccccc1)[C@H](CO)N2S(=O)(=O)Cc1ccccc1. The number of hydrogen-bond acceptors (Lipinski definition) is 4. The number of hydrogen-bond donors (Lipinski definition) is 1. The molecule has 0 radical (unpaired) electrons. The second-order valence-corrected chi connectivity index (χ2v) is 9.73. The first-order valence-corrected chi connectivity index (χ1v) is 11.5. The molecule has 6 nitrogen and oxygen atoms in total. The summed E-state index contributed by atoms with van der Waals surface area (Å²) in [6, 6.07) is 18.3. The number of carbonyl (C=O) groups excluding carboxylic acids is 1. The van der Waals surface area contributed by atoms with E-state index in [1.165, 1.54) is 4.31 Å². The average Bonchev–Trinajstić information content (AvgIpc) is 2.67. The van der Waals surface area contributed by atoms with Gasteiger partial charge in [-0.05, 0) is 11.1 Å². The molecule has 2 aliphatic rings. The van der Waals surface area contributed by atoms with Crippen molar-refractivity contribution in [2.24, 2.45) is 0 Å². The van der Waals surface area contributed by atoms with Crippen LogP contribution in [0.2, 0.25) is 0 Å². The lowest BCUT2D eigenvalue weighted by Crippen LogP contribution is -2.85. The Kier molecular flexibility index (Phi) is 5.23. The summed E-state index contributed by atoms with van der Waals surface area (Å²) in [4.78, 5) is 13.9. The molecule has 2 aliphatic heterocycles. The second-order valence-electron chi connectivity index (χ2n) is 7.88. The fraction of sp³-hybridized carbons (Fsp3) is 0.409. The van der Waals surface area contributed by atoms with Crippen molar-refractivity contribution < 1.29 is 18.3 Å². The van der Waals surface area contributed by atoms with Crippen LogP contribution >= 0.6 is 0 Å². The van der Waals surface area contributed by atoms with Gasteiger partial charge in [-0.1, -0.05) is 67.6 Å². The maximum Gasteiger partial charge on any atom is 0.222 e. The average molecular weight is 415 g/mol. The monoisotopic (exact) mass is 414 g/mol. The maximum absolute atomic E-state index is 13.4. The highest BCUT2D eigenvalue weighted by Gasteiger charge is 2.69. The smallest absolute Gasteiger partial charge is 0.222 e. The zero-order valence-corrected chi connectivity index (χ0v) is 17.3. The van der Waals surface area contributed by atoms with Gasteiger partial charge in [0, 0.05) is 25.4 Å². The third-order valence-corrected chi connectivity index (χ3v) is 8.06. The van der Waals surface area contributed by atoms with Gasteiger partial charge in [-0.3, -0.25) is 4.79 Å². The quantitative estimate of drug-likeness (QED) is 0.784. The van der Waals surface area contributed by atoms with Crippen LogP contribution < -0.4 is 0 Å². The molecule has 2 atom stereocenters. The summed E-state index contributed by atoms with van der Waals surface area (Å²) in [5.74, 6) is -0.231. The summed E-state index contributed by atoms with van der Waals surface area (Å²) in [5, 5.41) is 10.1. The lowest BCUT2D eigenvalue weighted by Gasteiger charge is -2.69. The first kappa shape index (κ1) is 20.1. The van der Waals surface area contributed by atoms with Crippen molar-refractivity contribution >= 4 is 15.9 Å². The lowest BCUT2D eigenvalue weighted by atomic mass is 9.63. The number of carbonyl (C=O) groups is 1. The molecular weight excluding hydrogens is 388 g/mol. The lowest BCUT2D eigenvalue weighted by molar-refractivity contribution is -0.167. The fourth-order valence-electron chi connectivity index (χ4n) is 4.94. The zero-order chi connectivity index (χ0) is 20.6. The van der Waals surface area contributed by atoms with Crippen molar-refractivity contribution in [3.63, 3.8) is 0 Å². The molecule has 1 N–H and O–H groups in total. The predicted octanol–water partition coefficient (Wildman–Crippen LogP) is 1.97. The Morgan fingerprint density at radius 1 is 1.07 bits per heavy atom. The highest BCUT2D eigenvalue weighted by molar-refractivity contribution is 7.88. The van der Waals surface area contributed by atoms with E-state index in [1.807, 2.05) is 55.5 Å². The van der Waals surface area contributed by atoms with Crippen LogP contribution in [0, 0.1) is 0 Å². The summed E-state index contributed by atoms with van der Waals surface area (Å²) in [7, 11) is -3.67. The third-order valence-electron chi connectivity index (χ3n) is 6.13. The molecule has 7 heteroatoms. The molecule has 0 aliphatic carbocycles. The zero-order valence-electron chi connectivity index (χ0n) is 16.4. The van der Waals surface area contributed by atoms with Crippen LogP contribution in [0.1, 0.15) is 30.4 Å². The molecule has 4 rings (SSSR count). The minimum atomic E-state index is -3.67. The van der Waals surface area contributed by atoms with E-state index in [0.717, 1.165) is 5.56 Å². The van der Waals surface area contributed by atoms with Crippen LogP contribution in [-0.2, 0) is 20.6 Å². The molecule has 2 aromatic carbocycles. The van der Waals surface area contributed by atoms with Gasteiger partial charge in [0.05, 0.1) is 23.9 Å². The number of amides is 1. The number of sulfonamides is 1. The highest BCUT2D eigenvalue weighted by Crippen LogP contribution is 2.55. The number of rotatable bonds is 6. The van der Waals surface area contributed by atoms with Gasteiger partial charge in [0.1, 0.15) is 0 Å². The fourth-order valence-corrected chi connectivity index (χ4v) is 7.08. The molecule has 2 fully saturated rings. The van der Waals surface area contributed by atoms with E-state index < -0.39 is 21.6 Å². The van der Waals surface area contributed by atoms with Gasteiger partial charge in [0.25, 0.3) is 0 Å². The van der Waals surface area contributed by atoms with Crippen LogP contribution in [0.25, 0.3) is 0 Å². The molecule has 0 saturated carbocycles. The van der Waals surface area contributed by atoms with Crippen LogP contribution in [0.3, 0.4) is 0 Å². The predicted molar refractivity (Wildman–Crippen MR) is 111 cm³/mol. The standard InChI is InChI=1S/C22H26N2O4S/c1-2-20(26)23-15-22(16-23)21(18-11-7-4-8-12-18)19(13-25)24(22)29(27,28)14-17-9-5-3-6-10-17/h3-12,19,21,25H,2,13-16H2,1H3/t19-,21+/m0/s1. The molecule has 1 amide bonds. The van der Waals surface area contributed by atoms with Crippen LogP contribution in [0.15, 0.2) is 60.7 Å². The van der Waals surface area contributed by atoms with E-state index in [4.69, 9.17) is 0 Å². The van der Waals surface area contributed by atoms with Crippen molar-refractivity contribution in [2.45, 2.75) is 36.6 Å². The Morgan fingerprint density at radius 3 is 2.21 bits per heavy atom. The van der Waals surface area contributed by atoms with Gasteiger partial charge in [-0.15, -0.1) is 0 Å². The van der Waals surface area contributed by atoms with E-state index in [-0.39, 0.29) is 24.2 Å². The molecule has 2 saturated heterocycles. The summed E-state index contributed by atoms with van der Waals surface area (Å²) in [6.07, 6.45) is 0.395. The molecule has 2 aromatic rings. The van der Waals surface area contributed by atoms with Crippen molar-refractivity contribution in [2.75, 3.05) is 19.7 Å². The highest BCUT2D eigenvalue weighted by atomic mass is 32.2. The molecular formula is C22H26N2O4S. The number of aliphatic hydroxyl groups excluding tert-OH is 1. The minimum absolute atomic E-state index is 0.0234. The summed E-state index contributed by atoms with van der Waals surface area (Å²) in [5.41, 5.74) is 1.03. The second kappa shape index (κ2) is 7.55. The van der Waals surface area contributed by atoms with Gasteiger partial charge < -0.3 is 10.0 Å². The molecule has 154 valence electrons. The Morgan fingerprint density at radius 2 is 1.66 bits per heavy atom. The number of benzene rings is 2. The number of aliphatic hydroxyl groups is 1.